The van der Waals surface area contributed by atoms with Crippen molar-refractivity contribution >= 4 is 0 Å². The van der Waals surface area contributed by atoms with Gasteiger partial charge in [-0.25, -0.2) is 0 Å². The predicted molar refractivity (Wildman–Crippen MR) is 59.8 cm³/mol. The lowest BCUT2D eigenvalue weighted by molar-refractivity contribution is 0.547. The van der Waals surface area contributed by atoms with Gasteiger partial charge in [-0.2, -0.15) is 0 Å². The number of hydrogen-bond acceptors (Lipinski definition) is 0. The van der Waals surface area contributed by atoms with Gasteiger partial charge in [0.2, 0.25) is 0 Å². The smallest absolute Gasteiger partial charge is 0.0357 e. The summed E-state index contributed by atoms with van der Waals surface area (Å²) < 4.78 is 0. The van der Waals surface area contributed by atoms with Crippen LogP contribution in [0.4, 0.5) is 0 Å². The van der Waals surface area contributed by atoms with Crippen molar-refractivity contribution in [1.29, 1.82) is 0 Å². The van der Waals surface area contributed by atoms with Crippen molar-refractivity contribution in [2.24, 2.45) is 17.8 Å². The number of hydrogen-bond donors (Lipinski definition) is 0. The highest BCUT2D eigenvalue weighted by molar-refractivity contribution is 4.90. The summed E-state index contributed by atoms with van der Waals surface area (Å²) in [7, 11) is 0. The van der Waals surface area contributed by atoms with Crippen LogP contribution in [0, 0.1) is 17.8 Å². The summed E-state index contributed by atoms with van der Waals surface area (Å²) in [6, 6.07) is 0. The van der Waals surface area contributed by atoms with Gasteiger partial charge in [0.15, 0.2) is 0 Å². The first-order chi connectivity index (χ1) is 6.27. The zero-order valence-corrected chi connectivity index (χ0v) is 9.68. The van der Waals surface area contributed by atoms with E-state index >= 15 is 0 Å². The number of unbranched alkanes of at least 4 members (excludes halogenated alkanes) is 5. The summed E-state index contributed by atoms with van der Waals surface area (Å²) in [5.74, 6) is 3.16. The lowest BCUT2D eigenvalue weighted by atomic mass is 10.1. The lowest BCUT2D eigenvalue weighted by Gasteiger charge is -1.99. The number of rotatable bonds is 7. The van der Waals surface area contributed by atoms with Gasteiger partial charge in [0.05, 0.1) is 0 Å². The van der Waals surface area contributed by atoms with E-state index in [2.05, 4.69) is 20.8 Å². The van der Waals surface area contributed by atoms with E-state index in [1.165, 1.54) is 44.9 Å². The molecule has 1 aliphatic carbocycles. The van der Waals surface area contributed by atoms with Gasteiger partial charge in [-0.05, 0) is 24.2 Å². The fraction of sp³-hybridized carbons (Fsp3) is 1.00. The van der Waals surface area contributed by atoms with Gasteiger partial charge >= 0.3 is 0 Å². The maximum Gasteiger partial charge on any atom is -0.0357 e. The van der Waals surface area contributed by atoms with E-state index in [1.54, 1.807) is 0 Å². The molecule has 0 N–H and O–H groups in total. The Labute approximate surface area is 84.1 Å². The second-order valence-electron chi connectivity index (χ2n) is 4.94. The Bertz CT molecular complexity index is 120. The molecule has 0 heterocycles. The van der Waals surface area contributed by atoms with E-state index < -0.39 is 0 Å². The molecule has 0 aromatic heterocycles. The van der Waals surface area contributed by atoms with Crippen LogP contribution in [0.5, 0.6) is 0 Å². The topological polar surface area (TPSA) is 0 Å². The zero-order chi connectivity index (χ0) is 9.68. The average Bonchev–Trinajstić information content (AvgIpc) is 2.68. The third-order valence-corrected chi connectivity index (χ3v) is 3.93. The standard InChI is InChI=1S/C13H26/c1-4-5-6-7-8-9-10-13-11(2)12(13)3/h11-13H,4-10H2,1-3H3. The van der Waals surface area contributed by atoms with Crippen molar-refractivity contribution in [2.75, 3.05) is 0 Å². The summed E-state index contributed by atoms with van der Waals surface area (Å²) in [6.07, 6.45) is 10.2. The first kappa shape index (κ1) is 11.1. The molecule has 0 aliphatic heterocycles. The molecular weight excluding hydrogens is 156 g/mol. The van der Waals surface area contributed by atoms with E-state index in [9.17, 15) is 0 Å². The molecule has 0 saturated heterocycles. The maximum atomic E-state index is 2.41. The fourth-order valence-electron chi connectivity index (χ4n) is 2.45. The molecule has 0 spiro atoms. The molecule has 2 atom stereocenters. The van der Waals surface area contributed by atoms with Crippen molar-refractivity contribution < 1.29 is 0 Å². The molecule has 0 heteroatoms. The van der Waals surface area contributed by atoms with E-state index in [4.69, 9.17) is 0 Å². The van der Waals surface area contributed by atoms with Crippen LogP contribution in [0.1, 0.15) is 65.7 Å². The van der Waals surface area contributed by atoms with E-state index in [1.807, 2.05) is 0 Å². The molecule has 13 heavy (non-hydrogen) atoms. The third kappa shape index (κ3) is 3.70. The fourth-order valence-corrected chi connectivity index (χ4v) is 2.45. The second-order valence-corrected chi connectivity index (χ2v) is 4.94. The zero-order valence-electron chi connectivity index (χ0n) is 9.68. The molecular formula is C13H26. The first-order valence-corrected chi connectivity index (χ1v) is 6.27. The third-order valence-electron chi connectivity index (χ3n) is 3.93. The molecule has 78 valence electrons. The summed E-state index contributed by atoms with van der Waals surface area (Å²) in [6.45, 7) is 7.10. The van der Waals surface area contributed by atoms with Gasteiger partial charge in [-0.15, -0.1) is 0 Å². The van der Waals surface area contributed by atoms with Crippen molar-refractivity contribution in [3.63, 3.8) is 0 Å². The minimum Gasteiger partial charge on any atom is -0.0654 e. The monoisotopic (exact) mass is 182 g/mol. The van der Waals surface area contributed by atoms with Crippen molar-refractivity contribution in [1.82, 2.24) is 0 Å². The van der Waals surface area contributed by atoms with Crippen LogP contribution in [0.3, 0.4) is 0 Å². The summed E-state index contributed by atoms with van der Waals surface area (Å²) in [4.78, 5) is 0. The SMILES string of the molecule is CCCCCCCCC1C(C)C1C. The Morgan fingerprint density at radius 2 is 1.31 bits per heavy atom. The molecule has 1 saturated carbocycles. The van der Waals surface area contributed by atoms with Crippen LogP contribution in [-0.4, -0.2) is 0 Å². The lowest BCUT2D eigenvalue weighted by Crippen LogP contribution is -1.83. The Balaban J connectivity index is 1.80. The van der Waals surface area contributed by atoms with Gasteiger partial charge in [-0.3, -0.25) is 0 Å². The van der Waals surface area contributed by atoms with Crippen molar-refractivity contribution in [3.8, 4) is 0 Å². The maximum absolute atomic E-state index is 2.41. The highest BCUT2D eigenvalue weighted by Gasteiger charge is 2.41. The van der Waals surface area contributed by atoms with Crippen LogP contribution in [-0.2, 0) is 0 Å². The van der Waals surface area contributed by atoms with Crippen molar-refractivity contribution in [3.05, 3.63) is 0 Å². The summed E-state index contributed by atoms with van der Waals surface area (Å²) in [5.41, 5.74) is 0. The normalized spacial score (nSPS) is 32.1. The first-order valence-electron chi connectivity index (χ1n) is 6.27. The van der Waals surface area contributed by atoms with Crippen molar-refractivity contribution in [2.45, 2.75) is 65.7 Å². The van der Waals surface area contributed by atoms with E-state index in [0.29, 0.717) is 0 Å². The molecule has 0 radical (unpaired) electrons. The molecule has 0 amide bonds. The highest BCUT2D eigenvalue weighted by Crippen LogP contribution is 2.48. The highest BCUT2D eigenvalue weighted by atomic mass is 14.5. The second kappa shape index (κ2) is 5.67. The quantitative estimate of drug-likeness (QED) is 0.503. The molecule has 0 aromatic rings. The predicted octanol–water partition coefficient (Wildman–Crippen LogP) is 4.64. The van der Waals surface area contributed by atoms with Crippen LogP contribution < -0.4 is 0 Å². The molecule has 1 aliphatic rings. The van der Waals surface area contributed by atoms with Crippen LogP contribution >= 0.6 is 0 Å². The minimum atomic E-state index is 1.04. The molecule has 1 rings (SSSR count). The van der Waals surface area contributed by atoms with Gasteiger partial charge < -0.3 is 0 Å². The van der Waals surface area contributed by atoms with Gasteiger partial charge in [0, 0.05) is 0 Å². The van der Waals surface area contributed by atoms with E-state index in [0.717, 1.165) is 17.8 Å². The largest absolute Gasteiger partial charge is 0.0654 e. The summed E-state index contributed by atoms with van der Waals surface area (Å²) in [5, 5.41) is 0. The molecule has 1 fully saturated rings. The van der Waals surface area contributed by atoms with Gasteiger partial charge in [0.1, 0.15) is 0 Å². The molecule has 0 nitrogen and oxygen atoms in total. The van der Waals surface area contributed by atoms with Crippen LogP contribution in [0.15, 0.2) is 0 Å². The Morgan fingerprint density at radius 1 is 0.769 bits per heavy atom. The Morgan fingerprint density at radius 3 is 1.85 bits per heavy atom. The van der Waals surface area contributed by atoms with Gasteiger partial charge in [-0.1, -0.05) is 59.3 Å². The Hall–Kier alpha value is 0. The molecule has 2 unspecified atom stereocenters. The average molecular weight is 182 g/mol. The minimum absolute atomic E-state index is 1.04. The van der Waals surface area contributed by atoms with Crippen LogP contribution in [0.2, 0.25) is 0 Å². The van der Waals surface area contributed by atoms with E-state index in [-0.39, 0.29) is 0 Å². The summed E-state index contributed by atoms with van der Waals surface area (Å²) >= 11 is 0. The Kier molecular flexibility index (Phi) is 4.83. The van der Waals surface area contributed by atoms with Gasteiger partial charge in [0.25, 0.3) is 0 Å². The van der Waals surface area contributed by atoms with Crippen LogP contribution in [0.25, 0.3) is 0 Å². The molecule has 0 aromatic carbocycles. The molecule has 0 bridgehead atoms.